The fourth-order valence-electron chi connectivity index (χ4n) is 2.72. The molecule has 1 saturated carbocycles. The average Bonchev–Trinajstić information content (AvgIpc) is 2.59. The summed E-state index contributed by atoms with van der Waals surface area (Å²) in [4.78, 5) is 0. The summed E-state index contributed by atoms with van der Waals surface area (Å²) in [6.07, 6.45) is 7.41. The van der Waals surface area contributed by atoms with Crippen LogP contribution in [0.2, 0.25) is 0 Å². The third-order valence-corrected chi connectivity index (χ3v) is 3.36. The predicted molar refractivity (Wildman–Crippen MR) is 55.9 cm³/mol. The standard InChI is InChI=1S/C12H20O2/c1-4-13-9(2)14-11-8-12(3)6-5-10(11)7-12/h5-6,9-11H,4,7-8H2,1-3H3. The number of fused-ring (bicyclic) bond motifs is 2. The zero-order valence-electron chi connectivity index (χ0n) is 9.32. The predicted octanol–water partition coefficient (Wildman–Crippen LogP) is 2.74. The largest absolute Gasteiger partial charge is 0.353 e. The first-order valence-corrected chi connectivity index (χ1v) is 5.59. The number of hydrogen-bond acceptors (Lipinski definition) is 2. The smallest absolute Gasteiger partial charge is 0.155 e. The lowest BCUT2D eigenvalue weighted by Crippen LogP contribution is -2.26. The summed E-state index contributed by atoms with van der Waals surface area (Å²) in [7, 11) is 0. The van der Waals surface area contributed by atoms with Crippen molar-refractivity contribution in [2.45, 2.75) is 46.0 Å². The normalized spacial score (nSPS) is 41.9. The monoisotopic (exact) mass is 196 g/mol. The third-order valence-electron chi connectivity index (χ3n) is 3.36. The molecule has 0 amide bonds. The molecule has 4 unspecified atom stereocenters. The molecule has 2 heteroatoms. The van der Waals surface area contributed by atoms with E-state index in [-0.39, 0.29) is 6.29 Å². The summed E-state index contributed by atoms with van der Waals surface area (Å²) in [6, 6.07) is 0. The van der Waals surface area contributed by atoms with Crippen molar-refractivity contribution in [3.8, 4) is 0 Å². The maximum atomic E-state index is 5.88. The molecule has 2 nitrogen and oxygen atoms in total. The highest BCUT2D eigenvalue weighted by Gasteiger charge is 2.44. The van der Waals surface area contributed by atoms with Gasteiger partial charge in [0, 0.05) is 12.5 Å². The van der Waals surface area contributed by atoms with E-state index in [0.29, 0.717) is 17.4 Å². The summed E-state index contributed by atoms with van der Waals surface area (Å²) in [5.74, 6) is 0.628. The van der Waals surface area contributed by atoms with Gasteiger partial charge in [0.2, 0.25) is 0 Å². The molecule has 0 saturated heterocycles. The van der Waals surface area contributed by atoms with Crippen molar-refractivity contribution in [2.75, 3.05) is 6.61 Å². The summed E-state index contributed by atoms with van der Waals surface area (Å²) in [5, 5.41) is 0. The molecule has 2 aliphatic carbocycles. The highest BCUT2D eigenvalue weighted by atomic mass is 16.7. The molecule has 0 aromatic rings. The fraction of sp³-hybridized carbons (Fsp3) is 0.833. The van der Waals surface area contributed by atoms with E-state index >= 15 is 0 Å². The topological polar surface area (TPSA) is 18.5 Å². The van der Waals surface area contributed by atoms with Crippen LogP contribution in [0.15, 0.2) is 12.2 Å². The molecule has 2 aliphatic rings. The Hall–Kier alpha value is -0.340. The average molecular weight is 196 g/mol. The number of rotatable bonds is 4. The van der Waals surface area contributed by atoms with Crippen LogP contribution in [0.1, 0.15) is 33.6 Å². The van der Waals surface area contributed by atoms with Gasteiger partial charge in [0.05, 0.1) is 6.10 Å². The van der Waals surface area contributed by atoms with Crippen molar-refractivity contribution in [3.63, 3.8) is 0 Å². The molecule has 14 heavy (non-hydrogen) atoms. The summed E-state index contributed by atoms with van der Waals surface area (Å²) in [5.41, 5.74) is 0.404. The minimum absolute atomic E-state index is 0.0543. The van der Waals surface area contributed by atoms with Crippen LogP contribution in [0.3, 0.4) is 0 Å². The van der Waals surface area contributed by atoms with Gasteiger partial charge < -0.3 is 9.47 Å². The van der Waals surface area contributed by atoms with E-state index in [2.05, 4.69) is 19.1 Å². The van der Waals surface area contributed by atoms with E-state index in [1.807, 2.05) is 13.8 Å². The Morgan fingerprint density at radius 1 is 1.50 bits per heavy atom. The Morgan fingerprint density at radius 2 is 2.29 bits per heavy atom. The van der Waals surface area contributed by atoms with Crippen LogP contribution in [0.5, 0.6) is 0 Å². The van der Waals surface area contributed by atoms with Crippen molar-refractivity contribution in [1.82, 2.24) is 0 Å². The maximum absolute atomic E-state index is 5.88. The second-order valence-electron chi connectivity index (χ2n) is 4.78. The molecule has 0 aromatic heterocycles. The molecule has 0 heterocycles. The molecule has 2 bridgehead atoms. The second kappa shape index (κ2) is 3.67. The lowest BCUT2D eigenvalue weighted by atomic mass is 9.90. The third kappa shape index (κ3) is 1.86. The van der Waals surface area contributed by atoms with Gasteiger partial charge in [0.1, 0.15) is 0 Å². The zero-order valence-corrected chi connectivity index (χ0v) is 9.32. The van der Waals surface area contributed by atoms with Crippen LogP contribution >= 0.6 is 0 Å². The molecule has 4 atom stereocenters. The Labute approximate surface area is 86.3 Å². The van der Waals surface area contributed by atoms with E-state index in [9.17, 15) is 0 Å². The first-order chi connectivity index (χ1) is 6.63. The van der Waals surface area contributed by atoms with E-state index < -0.39 is 0 Å². The highest BCUT2D eigenvalue weighted by molar-refractivity contribution is 5.17. The molecule has 0 aromatic carbocycles. The Morgan fingerprint density at radius 3 is 2.79 bits per heavy atom. The highest BCUT2D eigenvalue weighted by Crippen LogP contribution is 2.50. The van der Waals surface area contributed by atoms with Gasteiger partial charge in [-0.15, -0.1) is 0 Å². The lowest BCUT2D eigenvalue weighted by molar-refractivity contribution is -0.163. The van der Waals surface area contributed by atoms with Crippen molar-refractivity contribution in [3.05, 3.63) is 12.2 Å². The Bertz CT molecular complexity index is 236. The van der Waals surface area contributed by atoms with Gasteiger partial charge in [-0.3, -0.25) is 0 Å². The van der Waals surface area contributed by atoms with Crippen molar-refractivity contribution in [1.29, 1.82) is 0 Å². The van der Waals surface area contributed by atoms with Crippen molar-refractivity contribution >= 4 is 0 Å². The van der Waals surface area contributed by atoms with Gasteiger partial charge in [-0.05, 0) is 32.1 Å². The molecule has 0 radical (unpaired) electrons. The van der Waals surface area contributed by atoms with Crippen LogP contribution in [0.4, 0.5) is 0 Å². The van der Waals surface area contributed by atoms with Gasteiger partial charge >= 0.3 is 0 Å². The minimum atomic E-state index is -0.0543. The summed E-state index contributed by atoms with van der Waals surface area (Å²) >= 11 is 0. The van der Waals surface area contributed by atoms with E-state index in [1.165, 1.54) is 6.42 Å². The molecular weight excluding hydrogens is 176 g/mol. The first-order valence-electron chi connectivity index (χ1n) is 5.59. The SMILES string of the molecule is CCOC(C)OC1CC2(C)C=CC1C2. The lowest BCUT2D eigenvalue weighted by Gasteiger charge is -2.25. The molecular formula is C12H20O2. The van der Waals surface area contributed by atoms with Crippen LogP contribution in [0.25, 0.3) is 0 Å². The Kier molecular flexibility index (Phi) is 2.67. The summed E-state index contributed by atoms with van der Waals surface area (Å²) in [6.45, 7) is 7.03. The number of hydrogen-bond donors (Lipinski definition) is 0. The molecule has 0 aliphatic heterocycles. The van der Waals surface area contributed by atoms with E-state index in [4.69, 9.17) is 9.47 Å². The maximum Gasteiger partial charge on any atom is 0.155 e. The van der Waals surface area contributed by atoms with Gasteiger partial charge in [0.15, 0.2) is 6.29 Å². The first kappa shape index (κ1) is 10.2. The fourth-order valence-corrected chi connectivity index (χ4v) is 2.72. The van der Waals surface area contributed by atoms with Crippen LogP contribution < -0.4 is 0 Å². The van der Waals surface area contributed by atoms with E-state index in [0.717, 1.165) is 13.0 Å². The van der Waals surface area contributed by atoms with E-state index in [1.54, 1.807) is 0 Å². The van der Waals surface area contributed by atoms with Gasteiger partial charge in [-0.1, -0.05) is 19.1 Å². The van der Waals surface area contributed by atoms with Gasteiger partial charge in [-0.2, -0.15) is 0 Å². The molecule has 0 spiro atoms. The molecule has 80 valence electrons. The molecule has 2 rings (SSSR count). The zero-order chi connectivity index (χ0) is 10.2. The second-order valence-corrected chi connectivity index (χ2v) is 4.78. The number of allylic oxidation sites excluding steroid dienone is 1. The van der Waals surface area contributed by atoms with Crippen LogP contribution in [0, 0.1) is 11.3 Å². The van der Waals surface area contributed by atoms with Crippen LogP contribution in [-0.4, -0.2) is 19.0 Å². The minimum Gasteiger partial charge on any atom is -0.353 e. The van der Waals surface area contributed by atoms with Crippen molar-refractivity contribution < 1.29 is 9.47 Å². The van der Waals surface area contributed by atoms with Gasteiger partial charge in [-0.25, -0.2) is 0 Å². The van der Waals surface area contributed by atoms with Crippen molar-refractivity contribution in [2.24, 2.45) is 11.3 Å². The Balaban J connectivity index is 1.87. The van der Waals surface area contributed by atoms with Gasteiger partial charge in [0.25, 0.3) is 0 Å². The quantitative estimate of drug-likeness (QED) is 0.508. The molecule has 0 N–H and O–H groups in total. The molecule has 1 fully saturated rings. The van der Waals surface area contributed by atoms with Crippen LogP contribution in [-0.2, 0) is 9.47 Å². The summed E-state index contributed by atoms with van der Waals surface area (Å²) < 4.78 is 11.3. The number of ether oxygens (including phenoxy) is 2.